The van der Waals surface area contributed by atoms with Gasteiger partial charge in [0.1, 0.15) is 0 Å². The number of carbonyl (C=O) groups excluding carboxylic acids is 1. The molecule has 4 heteroatoms. The Bertz CT molecular complexity index is 271. The average molecular weight is 274 g/mol. The Morgan fingerprint density at radius 2 is 1.79 bits per heavy atom. The molecular formula is C15H30O4. The normalized spacial score (nSPS) is 14.3. The lowest BCUT2D eigenvalue weighted by molar-refractivity contribution is -0.156. The summed E-state index contributed by atoms with van der Waals surface area (Å²) in [4.78, 5) is 11.8. The van der Waals surface area contributed by atoms with Gasteiger partial charge in [0.05, 0.1) is 30.3 Å². The van der Waals surface area contributed by atoms with Gasteiger partial charge in [0, 0.05) is 13.5 Å². The minimum atomic E-state index is -0.407. The summed E-state index contributed by atoms with van der Waals surface area (Å²) in [6.45, 7) is 12.7. The van der Waals surface area contributed by atoms with E-state index in [1.807, 2.05) is 41.5 Å². The molecule has 1 atom stereocenters. The molecule has 0 aliphatic carbocycles. The van der Waals surface area contributed by atoms with Crippen LogP contribution in [0.15, 0.2) is 0 Å². The van der Waals surface area contributed by atoms with Crippen LogP contribution in [0.25, 0.3) is 0 Å². The summed E-state index contributed by atoms with van der Waals surface area (Å²) in [6, 6.07) is 0. The van der Waals surface area contributed by atoms with Gasteiger partial charge in [0.25, 0.3) is 0 Å². The summed E-state index contributed by atoms with van der Waals surface area (Å²) in [5, 5.41) is 0. The molecule has 1 unspecified atom stereocenters. The Morgan fingerprint density at radius 1 is 1.21 bits per heavy atom. The Balaban J connectivity index is 4.02. The highest BCUT2D eigenvalue weighted by molar-refractivity contribution is 5.75. The zero-order valence-corrected chi connectivity index (χ0v) is 13.5. The van der Waals surface area contributed by atoms with Crippen molar-refractivity contribution in [1.82, 2.24) is 0 Å². The summed E-state index contributed by atoms with van der Waals surface area (Å²) in [5.41, 5.74) is -0.723. The molecule has 0 bridgehead atoms. The first-order chi connectivity index (χ1) is 8.64. The van der Waals surface area contributed by atoms with Crippen LogP contribution in [0.5, 0.6) is 0 Å². The first kappa shape index (κ1) is 18.4. The first-order valence-electron chi connectivity index (χ1n) is 6.98. The highest BCUT2D eigenvalue weighted by atomic mass is 16.5. The van der Waals surface area contributed by atoms with E-state index in [-0.39, 0.29) is 17.7 Å². The highest BCUT2D eigenvalue weighted by Crippen LogP contribution is 2.22. The van der Waals surface area contributed by atoms with Gasteiger partial charge in [0.15, 0.2) is 0 Å². The molecule has 0 fully saturated rings. The van der Waals surface area contributed by atoms with E-state index in [1.165, 1.54) is 0 Å². The van der Waals surface area contributed by atoms with Crippen LogP contribution in [-0.2, 0) is 19.0 Å². The Morgan fingerprint density at radius 3 is 2.26 bits per heavy atom. The molecule has 0 aliphatic rings. The predicted molar refractivity (Wildman–Crippen MR) is 76.2 cm³/mol. The van der Waals surface area contributed by atoms with Gasteiger partial charge in [-0.2, -0.15) is 0 Å². The molecule has 0 radical (unpaired) electrons. The van der Waals surface area contributed by atoms with Crippen molar-refractivity contribution in [2.24, 2.45) is 5.41 Å². The first-order valence-corrected chi connectivity index (χ1v) is 6.98. The van der Waals surface area contributed by atoms with Gasteiger partial charge in [0.2, 0.25) is 0 Å². The average Bonchev–Trinajstić information content (AvgIpc) is 2.35. The smallest absolute Gasteiger partial charge is 0.311 e. The fourth-order valence-electron chi connectivity index (χ4n) is 1.21. The number of hydrogen-bond acceptors (Lipinski definition) is 4. The summed E-state index contributed by atoms with van der Waals surface area (Å²) < 4.78 is 16.2. The quantitative estimate of drug-likeness (QED) is 0.606. The molecule has 0 saturated heterocycles. The molecule has 0 aromatic heterocycles. The molecule has 0 rings (SSSR count). The Hall–Kier alpha value is -0.610. The minimum absolute atomic E-state index is 0.0702. The van der Waals surface area contributed by atoms with Gasteiger partial charge < -0.3 is 14.2 Å². The number of hydrogen-bond donors (Lipinski definition) is 0. The maximum Gasteiger partial charge on any atom is 0.311 e. The SMILES string of the molecule is CCC(C)(C)C(=O)OCCC(C)(C)OCC(C)OC. The summed E-state index contributed by atoms with van der Waals surface area (Å²) in [6.07, 6.45) is 1.52. The number of esters is 1. The molecule has 0 aromatic rings. The number of methoxy groups -OCH3 is 1. The molecule has 19 heavy (non-hydrogen) atoms. The second-order valence-corrected chi connectivity index (χ2v) is 6.24. The van der Waals surface area contributed by atoms with Crippen LogP contribution < -0.4 is 0 Å². The molecule has 4 nitrogen and oxygen atoms in total. The van der Waals surface area contributed by atoms with E-state index in [0.717, 1.165) is 6.42 Å². The topological polar surface area (TPSA) is 44.8 Å². The van der Waals surface area contributed by atoms with Gasteiger partial charge in [-0.3, -0.25) is 4.79 Å². The Labute approximate surface area is 117 Å². The van der Waals surface area contributed by atoms with Crippen molar-refractivity contribution < 1.29 is 19.0 Å². The zero-order valence-electron chi connectivity index (χ0n) is 13.5. The van der Waals surface area contributed by atoms with E-state index in [4.69, 9.17) is 14.2 Å². The third-order valence-electron chi connectivity index (χ3n) is 3.48. The van der Waals surface area contributed by atoms with Crippen LogP contribution >= 0.6 is 0 Å². The minimum Gasteiger partial charge on any atom is -0.465 e. The van der Waals surface area contributed by atoms with Crippen LogP contribution in [0.1, 0.15) is 54.4 Å². The number of rotatable bonds is 9. The molecule has 0 aromatic carbocycles. The van der Waals surface area contributed by atoms with Gasteiger partial charge in [-0.25, -0.2) is 0 Å². The fourth-order valence-corrected chi connectivity index (χ4v) is 1.21. The maximum atomic E-state index is 11.8. The van der Waals surface area contributed by atoms with Crippen molar-refractivity contribution in [2.45, 2.75) is 66.1 Å². The maximum absolute atomic E-state index is 11.8. The third kappa shape index (κ3) is 7.53. The predicted octanol–water partition coefficient (Wildman–Crippen LogP) is 3.19. The van der Waals surface area contributed by atoms with E-state index in [9.17, 15) is 4.79 Å². The lowest BCUT2D eigenvalue weighted by Crippen LogP contribution is -2.32. The monoisotopic (exact) mass is 274 g/mol. The van der Waals surface area contributed by atoms with Gasteiger partial charge in [-0.05, 0) is 41.0 Å². The fraction of sp³-hybridized carbons (Fsp3) is 0.933. The lowest BCUT2D eigenvalue weighted by atomic mass is 9.91. The van der Waals surface area contributed by atoms with Crippen molar-refractivity contribution in [2.75, 3.05) is 20.3 Å². The standard InChI is InChI=1S/C15H30O4/c1-8-14(3,4)13(16)18-10-9-15(5,6)19-11-12(2)17-7/h12H,8-11H2,1-7H3. The van der Waals surface area contributed by atoms with Crippen molar-refractivity contribution >= 4 is 5.97 Å². The molecular weight excluding hydrogens is 244 g/mol. The van der Waals surface area contributed by atoms with Gasteiger partial charge in [-0.1, -0.05) is 6.92 Å². The molecule has 0 aliphatic heterocycles. The van der Waals surface area contributed by atoms with Gasteiger partial charge >= 0.3 is 5.97 Å². The van der Waals surface area contributed by atoms with Crippen molar-refractivity contribution in [1.29, 1.82) is 0 Å². The second kappa shape index (κ2) is 7.85. The van der Waals surface area contributed by atoms with Crippen LogP contribution in [-0.4, -0.2) is 38.0 Å². The van der Waals surface area contributed by atoms with E-state index in [2.05, 4.69) is 0 Å². The molecule has 114 valence electrons. The van der Waals surface area contributed by atoms with Crippen LogP contribution in [0.2, 0.25) is 0 Å². The van der Waals surface area contributed by atoms with Crippen LogP contribution in [0.4, 0.5) is 0 Å². The molecule has 0 spiro atoms. The van der Waals surface area contributed by atoms with Crippen molar-refractivity contribution in [3.63, 3.8) is 0 Å². The number of carbonyl (C=O) groups is 1. The van der Waals surface area contributed by atoms with Crippen molar-refractivity contribution in [3.05, 3.63) is 0 Å². The summed E-state index contributed by atoms with van der Waals surface area (Å²) >= 11 is 0. The summed E-state index contributed by atoms with van der Waals surface area (Å²) in [7, 11) is 1.66. The van der Waals surface area contributed by atoms with Crippen molar-refractivity contribution in [3.8, 4) is 0 Å². The molecule has 0 heterocycles. The van der Waals surface area contributed by atoms with Crippen LogP contribution in [0, 0.1) is 5.41 Å². The summed E-state index contributed by atoms with van der Waals surface area (Å²) in [5.74, 6) is -0.143. The lowest BCUT2D eigenvalue weighted by Gasteiger charge is -2.27. The van der Waals surface area contributed by atoms with E-state index in [1.54, 1.807) is 7.11 Å². The van der Waals surface area contributed by atoms with E-state index < -0.39 is 5.41 Å². The molecule has 0 amide bonds. The zero-order chi connectivity index (χ0) is 15.1. The van der Waals surface area contributed by atoms with E-state index in [0.29, 0.717) is 19.6 Å². The highest BCUT2D eigenvalue weighted by Gasteiger charge is 2.28. The molecule has 0 saturated carbocycles. The largest absolute Gasteiger partial charge is 0.465 e. The third-order valence-corrected chi connectivity index (χ3v) is 3.48. The second-order valence-electron chi connectivity index (χ2n) is 6.24. The van der Waals surface area contributed by atoms with Gasteiger partial charge in [-0.15, -0.1) is 0 Å². The van der Waals surface area contributed by atoms with E-state index >= 15 is 0 Å². The van der Waals surface area contributed by atoms with Crippen LogP contribution in [0.3, 0.4) is 0 Å². The molecule has 0 N–H and O–H groups in total. The number of ether oxygens (including phenoxy) is 3. The Kier molecular flexibility index (Phi) is 7.60.